The third-order valence-corrected chi connectivity index (χ3v) is 4.57. The van der Waals surface area contributed by atoms with Gasteiger partial charge in [-0.05, 0) is 55.7 Å². The molecule has 0 atom stereocenters. The molecule has 2 aromatic rings. The molecule has 0 radical (unpaired) electrons. The molecule has 5 heteroatoms. The Morgan fingerprint density at radius 3 is 2.11 bits per heavy atom. The maximum Gasteiger partial charge on any atom is 0.278 e. The second-order valence-electron chi connectivity index (χ2n) is 6.24. The fraction of sp³-hybridized carbons (Fsp3) is 0.273. The Hall–Kier alpha value is -3.08. The van der Waals surface area contributed by atoms with Gasteiger partial charge in [-0.25, -0.2) is 0 Å². The van der Waals surface area contributed by atoms with Crippen LogP contribution in [0.5, 0.6) is 5.75 Å². The van der Waals surface area contributed by atoms with E-state index in [0.29, 0.717) is 30.0 Å². The highest BCUT2D eigenvalue weighted by Gasteiger charge is 2.38. The summed E-state index contributed by atoms with van der Waals surface area (Å²) in [5, 5.41) is 3.16. The van der Waals surface area contributed by atoms with Crippen LogP contribution < -0.4 is 10.1 Å². The molecule has 3 rings (SSSR count). The lowest BCUT2D eigenvalue weighted by Gasteiger charge is -2.12. The van der Waals surface area contributed by atoms with Gasteiger partial charge in [0.05, 0.1) is 12.2 Å². The van der Waals surface area contributed by atoms with Crippen molar-refractivity contribution in [3.8, 4) is 5.75 Å². The number of anilines is 1. The van der Waals surface area contributed by atoms with Crippen molar-refractivity contribution >= 4 is 23.1 Å². The summed E-state index contributed by atoms with van der Waals surface area (Å²) in [7, 11) is 0. The molecule has 0 bridgehead atoms. The number of imide groups is 1. The van der Waals surface area contributed by atoms with Crippen molar-refractivity contribution in [1.82, 2.24) is 4.90 Å². The van der Waals surface area contributed by atoms with Gasteiger partial charge in [0.2, 0.25) is 0 Å². The molecule has 2 amide bonds. The van der Waals surface area contributed by atoms with Gasteiger partial charge in [-0.15, -0.1) is 0 Å². The van der Waals surface area contributed by atoms with E-state index in [1.807, 2.05) is 55.5 Å². The first-order chi connectivity index (χ1) is 13.1. The first kappa shape index (κ1) is 18.7. The molecule has 0 unspecified atom stereocenters. The summed E-state index contributed by atoms with van der Waals surface area (Å²) in [4.78, 5) is 26.9. The van der Waals surface area contributed by atoms with Gasteiger partial charge in [-0.1, -0.05) is 31.2 Å². The van der Waals surface area contributed by atoms with Crippen LogP contribution in [-0.2, 0) is 16.0 Å². The van der Waals surface area contributed by atoms with Crippen LogP contribution in [0.15, 0.2) is 54.2 Å². The molecular formula is C22H24N2O3. The largest absolute Gasteiger partial charge is 0.494 e. The number of hydrogen-bond donors (Lipinski definition) is 1. The summed E-state index contributed by atoms with van der Waals surface area (Å²) in [5.41, 5.74) is 3.40. The van der Waals surface area contributed by atoms with Gasteiger partial charge < -0.3 is 10.1 Å². The van der Waals surface area contributed by atoms with Crippen molar-refractivity contribution in [3.63, 3.8) is 0 Å². The Bertz CT molecular complexity index is 867. The SMILES string of the molecule is CCOc1ccc(C2=C(Nc3ccc(CC)cc3)C(=O)N(CC)C2=O)cc1. The predicted octanol–water partition coefficient (Wildman–Crippen LogP) is 3.86. The molecule has 27 heavy (non-hydrogen) atoms. The standard InChI is InChI=1S/C22H24N2O3/c1-4-15-7-11-17(12-8-15)23-20-19(21(25)24(5-2)22(20)26)16-9-13-18(14-10-16)27-6-3/h7-14,23H,4-6H2,1-3H3. The van der Waals surface area contributed by atoms with E-state index in [4.69, 9.17) is 4.74 Å². The first-order valence-electron chi connectivity index (χ1n) is 9.28. The average Bonchev–Trinajstić information content (AvgIpc) is 2.92. The van der Waals surface area contributed by atoms with Gasteiger partial charge in [0, 0.05) is 12.2 Å². The van der Waals surface area contributed by atoms with Gasteiger partial charge in [-0.3, -0.25) is 14.5 Å². The highest BCUT2D eigenvalue weighted by atomic mass is 16.5. The Morgan fingerprint density at radius 2 is 1.56 bits per heavy atom. The zero-order valence-corrected chi connectivity index (χ0v) is 15.9. The number of nitrogens with zero attached hydrogens (tertiary/aromatic N) is 1. The smallest absolute Gasteiger partial charge is 0.278 e. The molecule has 2 aromatic carbocycles. The number of amides is 2. The van der Waals surface area contributed by atoms with Crippen LogP contribution in [0.25, 0.3) is 5.57 Å². The second-order valence-corrected chi connectivity index (χ2v) is 6.24. The molecular weight excluding hydrogens is 340 g/mol. The lowest BCUT2D eigenvalue weighted by Crippen LogP contribution is -2.32. The summed E-state index contributed by atoms with van der Waals surface area (Å²) < 4.78 is 5.46. The lowest BCUT2D eigenvalue weighted by atomic mass is 10.0. The summed E-state index contributed by atoms with van der Waals surface area (Å²) >= 11 is 0. The van der Waals surface area contributed by atoms with Crippen LogP contribution in [-0.4, -0.2) is 29.9 Å². The van der Waals surface area contributed by atoms with Crippen LogP contribution in [0, 0.1) is 0 Å². The van der Waals surface area contributed by atoms with E-state index >= 15 is 0 Å². The molecule has 1 aliphatic rings. The molecule has 0 fully saturated rings. The number of carbonyl (C=O) groups excluding carboxylic acids is 2. The predicted molar refractivity (Wildman–Crippen MR) is 106 cm³/mol. The quantitative estimate of drug-likeness (QED) is 0.758. The van der Waals surface area contributed by atoms with Crippen molar-refractivity contribution in [2.75, 3.05) is 18.5 Å². The van der Waals surface area contributed by atoms with Crippen LogP contribution in [0.1, 0.15) is 31.9 Å². The number of nitrogens with one attached hydrogen (secondary N) is 1. The molecule has 5 nitrogen and oxygen atoms in total. The lowest BCUT2D eigenvalue weighted by molar-refractivity contribution is -0.136. The molecule has 0 aliphatic carbocycles. The maximum atomic E-state index is 12.8. The topological polar surface area (TPSA) is 58.6 Å². The van der Waals surface area contributed by atoms with Crippen molar-refractivity contribution in [2.45, 2.75) is 27.2 Å². The number of rotatable bonds is 7. The van der Waals surface area contributed by atoms with Crippen LogP contribution in [0.2, 0.25) is 0 Å². The monoisotopic (exact) mass is 364 g/mol. The Balaban J connectivity index is 1.99. The zero-order valence-electron chi connectivity index (χ0n) is 15.9. The van der Waals surface area contributed by atoms with Gasteiger partial charge in [0.15, 0.2) is 0 Å². The molecule has 0 saturated carbocycles. The van der Waals surface area contributed by atoms with Gasteiger partial charge in [0.1, 0.15) is 11.4 Å². The normalized spacial score (nSPS) is 14.1. The average molecular weight is 364 g/mol. The van der Waals surface area contributed by atoms with E-state index in [-0.39, 0.29) is 11.8 Å². The molecule has 0 saturated heterocycles. The number of aryl methyl sites for hydroxylation is 1. The minimum absolute atomic E-state index is 0.278. The van der Waals surface area contributed by atoms with Crippen LogP contribution >= 0.6 is 0 Å². The van der Waals surface area contributed by atoms with Crippen LogP contribution in [0.3, 0.4) is 0 Å². The number of carbonyl (C=O) groups is 2. The van der Waals surface area contributed by atoms with Crippen molar-refractivity contribution in [2.24, 2.45) is 0 Å². The summed E-state index contributed by atoms with van der Waals surface area (Å²) in [6, 6.07) is 15.1. The number of likely N-dealkylation sites (N-methyl/N-ethyl adjacent to an activating group) is 1. The number of hydrogen-bond acceptors (Lipinski definition) is 4. The number of ether oxygens (including phenoxy) is 1. The maximum absolute atomic E-state index is 12.8. The Kier molecular flexibility index (Phi) is 5.60. The van der Waals surface area contributed by atoms with Gasteiger partial charge >= 0.3 is 0 Å². The Labute approximate surface area is 159 Å². The van der Waals surface area contributed by atoms with E-state index in [2.05, 4.69) is 12.2 Å². The van der Waals surface area contributed by atoms with Crippen molar-refractivity contribution in [1.29, 1.82) is 0 Å². The van der Waals surface area contributed by atoms with Gasteiger partial charge in [0.25, 0.3) is 11.8 Å². The molecule has 1 N–H and O–H groups in total. The van der Waals surface area contributed by atoms with E-state index in [9.17, 15) is 9.59 Å². The van der Waals surface area contributed by atoms with Gasteiger partial charge in [-0.2, -0.15) is 0 Å². The summed E-state index contributed by atoms with van der Waals surface area (Å²) in [6.45, 7) is 6.71. The second kappa shape index (κ2) is 8.08. The van der Waals surface area contributed by atoms with Crippen molar-refractivity contribution < 1.29 is 14.3 Å². The van der Waals surface area contributed by atoms with E-state index in [0.717, 1.165) is 17.9 Å². The van der Waals surface area contributed by atoms with Crippen LogP contribution in [0.4, 0.5) is 5.69 Å². The molecule has 0 spiro atoms. The minimum Gasteiger partial charge on any atom is -0.494 e. The molecule has 0 aromatic heterocycles. The molecule has 140 valence electrons. The highest BCUT2D eigenvalue weighted by Crippen LogP contribution is 2.31. The highest BCUT2D eigenvalue weighted by molar-refractivity contribution is 6.36. The van der Waals surface area contributed by atoms with Crippen molar-refractivity contribution in [3.05, 3.63) is 65.4 Å². The minimum atomic E-state index is -0.300. The van der Waals surface area contributed by atoms with E-state index in [1.165, 1.54) is 10.5 Å². The fourth-order valence-corrected chi connectivity index (χ4v) is 3.10. The first-order valence-corrected chi connectivity index (χ1v) is 9.28. The Morgan fingerprint density at radius 1 is 0.889 bits per heavy atom. The van der Waals surface area contributed by atoms with E-state index in [1.54, 1.807) is 6.92 Å². The molecule has 1 aliphatic heterocycles. The zero-order chi connectivity index (χ0) is 19.4. The molecule has 1 heterocycles. The third kappa shape index (κ3) is 3.72. The third-order valence-electron chi connectivity index (χ3n) is 4.57. The fourth-order valence-electron chi connectivity index (χ4n) is 3.10. The summed E-state index contributed by atoms with van der Waals surface area (Å²) in [5.74, 6) is 0.154. The summed E-state index contributed by atoms with van der Waals surface area (Å²) in [6.07, 6.45) is 0.946. The number of benzene rings is 2. The van der Waals surface area contributed by atoms with E-state index < -0.39 is 0 Å².